The van der Waals surface area contributed by atoms with E-state index >= 15 is 0 Å². The Hall–Kier alpha value is -2.01. The van der Waals surface area contributed by atoms with Crippen LogP contribution < -0.4 is 0 Å². The molecule has 104 valence electrons. The summed E-state index contributed by atoms with van der Waals surface area (Å²) in [5.74, 6) is 0. The molecule has 21 heavy (non-hydrogen) atoms. The molecule has 0 fully saturated rings. The number of benzene rings is 2. The molecule has 0 spiro atoms. The fourth-order valence-corrected chi connectivity index (χ4v) is 5.38. The molecule has 3 heteroatoms. The van der Waals surface area contributed by atoms with E-state index in [4.69, 9.17) is 0 Å². The monoisotopic (exact) mass is 341 g/mol. The van der Waals surface area contributed by atoms with Crippen molar-refractivity contribution in [3.8, 4) is 6.07 Å². The van der Waals surface area contributed by atoms with Gasteiger partial charge in [0.05, 0.1) is 0 Å². The minimum atomic E-state index is -2.12. The molecule has 0 N–H and O–H groups in total. The summed E-state index contributed by atoms with van der Waals surface area (Å²) in [5.41, 5.74) is 4.57. The summed E-state index contributed by atoms with van der Waals surface area (Å²) < 4.78 is 12.3. The fourth-order valence-electron chi connectivity index (χ4n) is 2.66. The summed E-state index contributed by atoms with van der Waals surface area (Å²) in [6.45, 7) is 0. The predicted octanol–water partition coefficient (Wildman–Crippen LogP) is 4.32. The van der Waals surface area contributed by atoms with Gasteiger partial charge in [0.1, 0.15) is 0 Å². The summed E-state index contributed by atoms with van der Waals surface area (Å²) >= 11 is -2.12. The van der Waals surface area contributed by atoms with Crippen molar-refractivity contribution in [2.24, 2.45) is 0 Å². The first-order chi connectivity index (χ1) is 10.3. The first-order valence-electron chi connectivity index (χ1n) is 6.89. The molecular weight excluding hydrogens is 325 g/mol. The summed E-state index contributed by atoms with van der Waals surface area (Å²) in [6, 6.07) is 22.5. The van der Waals surface area contributed by atoms with Crippen molar-refractivity contribution in [3.63, 3.8) is 0 Å². The van der Waals surface area contributed by atoms with E-state index in [1.807, 2.05) is 36.4 Å². The van der Waals surface area contributed by atoms with Crippen LogP contribution in [0.4, 0.5) is 0 Å². The normalized spacial score (nSPS) is 21.9. The Bertz CT molecular complexity index is 729. The van der Waals surface area contributed by atoms with Crippen LogP contribution in [0.2, 0.25) is 10.1 Å². The van der Waals surface area contributed by atoms with E-state index < -0.39 is 13.8 Å². The van der Waals surface area contributed by atoms with E-state index in [0.29, 0.717) is 11.7 Å². The van der Waals surface area contributed by atoms with E-state index in [0.717, 1.165) is 16.7 Å². The Morgan fingerprint density at radius 2 is 1.43 bits per heavy atom. The van der Waals surface area contributed by atoms with Crippen LogP contribution in [0.15, 0.2) is 60.7 Å². The van der Waals surface area contributed by atoms with Gasteiger partial charge in [-0.15, -0.1) is 0 Å². The third kappa shape index (κ3) is 2.88. The molecule has 0 aromatic heterocycles. The Kier molecular flexibility index (Phi) is 4.10. The van der Waals surface area contributed by atoms with Crippen molar-refractivity contribution in [3.05, 3.63) is 71.8 Å². The number of allylic oxidation sites excluding steroid dienone is 2. The van der Waals surface area contributed by atoms with Gasteiger partial charge in [-0.05, 0) is 0 Å². The minimum absolute atomic E-state index is 0.312. The predicted molar refractivity (Wildman–Crippen MR) is 84.9 cm³/mol. The van der Waals surface area contributed by atoms with Gasteiger partial charge >= 0.3 is 128 Å². The van der Waals surface area contributed by atoms with Gasteiger partial charge in [0, 0.05) is 0 Å². The van der Waals surface area contributed by atoms with E-state index in [2.05, 4.69) is 30.3 Å². The third-order valence-electron chi connectivity index (χ3n) is 3.75. The number of nitriles is 1. The number of hydrogen-bond donors (Lipinski definition) is 0. The standard InChI is InChI=1S/C18H15NOSe/c19-12-16-11-17(14-7-3-1-4-8-14)18(13-21(16)20)15-9-5-2-6-10-15/h1-10,16H,11,13H2. The molecule has 2 atom stereocenters. The summed E-state index contributed by atoms with van der Waals surface area (Å²) in [7, 11) is 0. The Morgan fingerprint density at radius 3 is 1.95 bits per heavy atom. The Labute approximate surface area is 128 Å². The van der Waals surface area contributed by atoms with Crippen molar-refractivity contribution < 1.29 is 3.83 Å². The molecule has 1 heterocycles. The van der Waals surface area contributed by atoms with Crippen LogP contribution >= 0.6 is 0 Å². The topological polar surface area (TPSA) is 40.9 Å². The molecule has 2 nitrogen and oxygen atoms in total. The van der Waals surface area contributed by atoms with Gasteiger partial charge in [-0.25, -0.2) is 0 Å². The second-order valence-corrected chi connectivity index (χ2v) is 8.43. The SMILES string of the molecule is N#CC1CC(c2ccccc2)=C(c2ccccc2)C[Se]1=O. The first kappa shape index (κ1) is 13.9. The number of rotatable bonds is 2. The van der Waals surface area contributed by atoms with Gasteiger partial charge in [0.15, 0.2) is 0 Å². The van der Waals surface area contributed by atoms with Crippen molar-refractivity contribution in [1.29, 1.82) is 5.26 Å². The molecular formula is C18H15NOSe. The van der Waals surface area contributed by atoms with Gasteiger partial charge in [-0.1, -0.05) is 0 Å². The first-order valence-corrected chi connectivity index (χ1v) is 9.79. The van der Waals surface area contributed by atoms with Gasteiger partial charge in [-0.2, -0.15) is 0 Å². The second-order valence-electron chi connectivity index (χ2n) is 5.04. The molecule has 0 saturated carbocycles. The Morgan fingerprint density at radius 1 is 0.905 bits per heavy atom. The quantitative estimate of drug-likeness (QED) is 0.764. The molecule has 0 saturated heterocycles. The summed E-state index contributed by atoms with van der Waals surface area (Å²) in [6.07, 6.45) is 0.596. The number of nitrogens with zero attached hydrogens (tertiary/aromatic N) is 1. The molecule has 1 aliphatic heterocycles. The van der Waals surface area contributed by atoms with E-state index in [-0.39, 0.29) is 4.82 Å². The molecule has 2 aromatic carbocycles. The zero-order valence-corrected chi connectivity index (χ0v) is 13.2. The molecule has 0 aliphatic carbocycles. The summed E-state index contributed by atoms with van der Waals surface area (Å²) in [4.78, 5) is -0.312. The van der Waals surface area contributed by atoms with Crippen LogP contribution in [0, 0.1) is 11.3 Å². The number of hydrogen-bond acceptors (Lipinski definition) is 2. The third-order valence-corrected chi connectivity index (χ3v) is 6.85. The van der Waals surface area contributed by atoms with E-state index in [1.54, 1.807) is 0 Å². The van der Waals surface area contributed by atoms with Crippen molar-refractivity contribution in [1.82, 2.24) is 0 Å². The van der Waals surface area contributed by atoms with Crippen molar-refractivity contribution in [2.45, 2.75) is 16.6 Å². The fraction of sp³-hybridized carbons (Fsp3) is 0.167. The van der Waals surface area contributed by atoms with Gasteiger partial charge in [-0.3, -0.25) is 0 Å². The molecule has 2 unspecified atom stereocenters. The summed E-state index contributed by atoms with van der Waals surface area (Å²) in [5, 5.41) is 9.79. The van der Waals surface area contributed by atoms with Crippen LogP contribution in [-0.4, -0.2) is 13.8 Å². The van der Waals surface area contributed by atoms with Crippen LogP contribution in [0.25, 0.3) is 11.1 Å². The zero-order chi connectivity index (χ0) is 14.7. The zero-order valence-electron chi connectivity index (χ0n) is 11.5. The van der Waals surface area contributed by atoms with E-state index in [1.165, 1.54) is 5.57 Å². The van der Waals surface area contributed by atoms with Crippen molar-refractivity contribution >= 4 is 25.0 Å². The van der Waals surface area contributed by atoms with Crippen LogP contribution in [0.1, 0.15) is 17.5 Å². The molecule has 3 rings (SSSR count). The maximum absolute atomic E-state index is 12.3. The average molecular weight is 340 g/mol. The van der Waals surface area contributed by atoms with Gasteiger partial charge in [0.25, 0.3) is 0 Å². The molecule has 1 aliphatic rings. The maximum atomic E-state index is 12.3. The molecule has 0 bridgehead atoms. The van der Waals surface area contributed by atoms with E-state index in [9.17, 15) is 9.10 Å². The van der Waals surface area contributed by atoms with Crippen LogP contribution in [-0.2, 0) is 3.83 Å². The average Bonchev–Trinajstić information content (AvgIpc) is 2.56. The van der Waals surface area contributed by atoms with Crippen molar-refractivity contribution in [2.75, 3.05) is 0 Å². The Balaban J connectivity index is 2.15. The molecule has 2 aromatic rings. The van der Waals surface area contributed by atoms with Crippen LogP contribution in [0.5, 0.6) is 0 Å². The molecule has 0 radical (unpaired) electrons. The molecule has 0 amide bonds. The van der Waals surface area contributed by atoms with Gasteiger partial charge in [0.2, 0.25) is 0 Å². The van der Waals surface area contributed by atoms with Gasteiger partial charge < -0.3 is 0 Å². The second kappa shape index (κ2) is 6.18. The van der Waals surface area contributed by atoms with Crippen LogP contribution in [0.3, 0.4) is 0 Å².